The molecule has 1 fully saturated rings. The van der Waals surface area contributed by atoms with Gasteiger partial charge in [-0.1, -0.05) is 13.8 Å². The minimum absolute atomic E-state index is 1.00. The zero-order valence-electron chi connectivity index (χ0n) is 9.75. The van der Waals surface area contributed by atoms with Gasteiger partial charge < -0.3 is 8.85 Å². The molecular weight excluding hydrogens is 196 g/mol. The first-order valence-electron chi connectivity index (χ1n) is 5.35. The second-order valence-electron chi connectivity index (χ2n) is 3.47. The lowest BCUT2D eigenvalue weighted by molar-refractivity contribution is 0.0750. The molecule has 1 saturated heterocycles. The molecule has 0 aromatic rings. The Labute approximate surface area is 88.2 Å². The first kappa shape index (κ1) is 12.1. The topological polar surface area (TPSA) is 24.9 Å². The summed E-state index contributed by atoms with van der Waals surface area (Å²) in [5.41, 5.74) is 0. The Morgan fingerprint density at radius 2 is 1.43 bits per heavy atom. The van der Waals surface area contributed by atoms with E-state index in [0.29, 0.717) is 0 Å². The van der Waals surface area contributed by atoms with Crippen LogP contribution in [0.4, 0.5) is 0 Å². The molecule has 0 aromatic heterocycles. The SMILES string of the molecule is CCN1CCCN(CC)[Si]1(OC)OC. The highest BCUT2D eigenvalue weighted by Crippen LogP contribution is 2.22. The van der Waals surface area contributed by atoms with Crippen LogP contribution in [0.2, 0.25) is 0 Å². The van der Waals surface area contributed by atoms with Crippen LogP contribution in [0, 0.1) is 0 Å². The molecule has 0 saturated carbocycles. The molecule has 1 heterocycles. The summed E-state index contributed by atoms with van der Waals surface area (Å²) in [5.74, 6) is 0. The molecule has 0 radical (unpaired) electrons. The van der Waals surface area contributed by atoms with Crippen molar-refractivity contribution in [1.82, 2.24) is 9.13 Å². The number of hydrogen-bond acceptors (Lipinski definition) is 4. The summed E-state index contributed by atoms with van der Waals surface area (Å²) in [5, 5.41) is 0. The second-order valence-corrected chi connectivity index (χ2v) is 6.65. The first-order valence-corrected chi connectivity index (χ1v) is 7.06. The summed E-state index contributed by atoms with van der Waals surface area (Å²) in [6, 6.07) is 0. The molecule has 0 aliphatic carbocycles. The van der Waals surface area contributed by atoms with Gasteiger partial charge in [0.15, 0.2) is 0 Å². The maximum atomic E-state index is 5.70. The second kappa shape index (κ2) is 5.23. The summed E-state index contributed by atoms with van der Waals surface area (Å²) in [7, 11) is 1.32. The Kier molecular flexibility index (Phi) is 4.53. The zero-order chi connectivity index (χ0) is 10.6. The van der Waals surface area contributed by atoms with Gasteiger partial charge in [0.1, 0.15) is 0 Å². The Morgan fingerprint density at radius 3 is 1.71 bits per heavy atom. The monoisotopic (exact) mass is 218 g/mol. The van der Waals surface area contributed by atoms with Gasteiger partial charge in [-0.25, -0.2) is 0 Å². The van der Waals surface area contributed by atoms with Crippen molar-refractivity contribution < 1.29 is 8.85 Å². The molecule has 0 unspecified atom stereocenters. The Hall–Kier alpha value is 0.0569. The minimum atomic E-state index is -2.22. The van der Waals surface area contributed by atoms with E-state index in [1.807, 2.05) is 0 Å². The van der Waals surface area contributed by atoms with E-state index >= 15 is 0 Å². The van der Waals surface area contributed by atoms with E-state index in [1.54, 1.807) is 14.2 Å². The molecule has 1 aliphatic heterocycles. The Bertz CT molecular complexity index is 162. The molecule has 1 rings (SSSR count). The predicted octanol–water partition coefficient (Wildman–Crippen LogP) is 0.762. The van der Waals surface area contributed by atoms with Crippen molar-refractivity contribution in [3.63, 3.8) is 0 Å². The quantitative estimate of drug-likeness (QED) is 0.651. The molecule has 1 aliphatic rings. The van der Waals surface area contributed by atoms with Crippen molar-refractivity contribution in [3.05, 3.63) is 0 Å². The van der Waals surface area contributed by atoms with Gasteiger partial charge in [-0.3, -0.25) is 9.13 Å². The fraction of sp³-hybridized carbons (Fsp3) is 1.00. The lowest BCUT2D eigenvalue weighted by atomic mass is 10.4. The van der Waals surface area contributed by atoms with Crippen molar-refractivity contribution >= 4 is 8.88 Å². The highest BCUT2D eigenvalue weighted by atomic mass is 28.4. The molecule has 0 bridgehead atoms. The van der Waals surface area contributed by atoms with E-state index in [-0.39, 0.29) is 0 Å². The lowest BCUT2D eigenvalue weighted by Crippen LogP contribution is -2.71. The van der Waals surface area contributed by atoms with Crippen LogP contribution < -0.4 is 0 Å². The third-order valence-electron chi connectivity index (χ3n) is 2.95. The van der Waals surface area contributed by atoms with Crippen LogP contribution in [-0.2, 0) is 8.85 Å². The van der Waals surface area contributed by atoms with Crippen molar-refractivity contribution in [1.29, 1.82) is 0 Å². The van der Waals surface area contributed by atoms with Gasteiger partial charge in [-0.05, 0) is 32.6 Å². The highest BCUT2D eigenvalue weighted by molar-refractivity contribution is 6.61. The van der Waals surface area contributed by atoms with Gasteiger partial charge in [-0.2, -0.15) is 0 Å². The molecule has 14 heavy (non-hydrogen) atoms. The largest absolute Gasteiger partial charge is 0.521 e. The van der Waals surface area contributed by atoms with E-state index in [4.69, 9.17) is 8.85 Å². The molecule has 4 nitrogen and oxygen atoms in total. The van der Waals surface area contributed by atoms with Gasteiger partial charge in [0.2, 0.25) is 0 Å². The van der Waals surface area contributed by atoms with E-state index in [0.717, 1.165) is 26.2 Å². The van der Waals surface area contributed by atoms with Gasteiger partial charge in [0.05, 0.1) is 0 Å². The molecule has 84 valence electrons. The Balaban J connectivity index is 2.86. The lowest BCUT2D eigenvalue weighted by Gasteiger charge is -2.47. The molecule has 5 heteroatoms. The number of rotatable bonds is 4. The number of hydrogen-bond donors (Lipinski definition) is 0. The van der Waals surface area contributed by atoms with Crippen molar-refractivity contribution in [2.45, 2.75) is 20.3 Å². The molecule has 0 spiro atoms. The minimum Gasteiger partial charge on any atom is -0.374 e. The maximum absolute atomic E-state index is 5.70. The standard InChI is InChI=1S/C9H22N2O2Si/c1-5-10-8-7-9-11(6-2)14(10,12-3)13-4/h5-9H2,1-4H3. The van der Waals surface area contributed by atoms with E-state index in [1.165, 1.54) is 6.42 Å². The molecule has 0 N–H and O–H groups in total. The van der Waals surface area contributed by atoms with Crippen LogP contribution in [0.3, 0.4) is 0 Å². The summed E-state index contributed by atoms with van der Waals surface area (Å²) >= 11 is 0. The summed E-state index contributed by atoms with van der Waals surface area (Å²) in [6.07, 6.45) is 1.21. The third kappa shape index (κ3) is 1.87. The van der Waals surface area contributed by atoms with Crippen molar-refractivity contribution in [2.75, 3.05) is 40.4 Å². The van der Waals surface area contributed by atoms with Gasteiger partial charge in [0.25, 0.3) is 0 Å². The normalized spacial score (nSPS) is 24.0. The number of nitrogens with zero attached hydrogens (tertiary/aromatic N) is 2. The van der Waals surface area contributed by atoms with Crippen molar-refractivity contribution in [2.24, 2.45) is 0 Å². The molecule has 0 amide bonds. The van der Waals surface area contributed by atoms with Crippen LogP contribution in [0.1, 0.15) is 20.3 Å². The summed E-state index contributed by atoms with van der Waals surface area (Å²) < 4.78 is 16.1. The van der Waals surface area contributed by atoms with E-state index in [9.17, 15) is 0 Å². The maximum Gasteiger partial charge on any atom is 0.521 e. The van der Waals surface area contributed by atoms with Crippen LogP contribution in [-0.4, -0.2) is 58.4 Å². The fourth-order valence-electron chi connectivity index (χ4n) is 2.25. The van der Waals surface area contributed by atoms with Crippen LogP contribution in [0.5, 0.6) is 0 Å². The summed E-state index contributed by atoms with van der Waals surface area (Å²) in [6.45, 7) is 8.54. The summed E-state index contributed by atoms with van der Waals surface area (Å²) in [4.78, 5) is 0. The Morgan fingerprint density at radius 1 is 1.00 bits per heavy atom. The van der Waals surface area contributed by atoms with Gasteiger partial charge >= 0.3 is 8.88 Å². The average Bonchev–Trinajstić information content (AvgIpc) is 2.27. The van der Waals surface area contributed by atoms with E-state index in [2.05, 4.69) is 23.0 Å². The van der Waals surface area contributed by atoms with E-state index < -0.39 is 8.88 Å². The third-order valence-corrected chi connectivity index (χ3v) is 6.69. The first-order chi connectivity index (χ1) is 6.75. The van der Waals surface area contributed by atoms with Gasteiger partial charge in [-0.15, -0.1) is 0 Å². The molecule has 0 atom stereocenters. The fourth-order valence-corrected chi connectivity index (χ4v) is 5.53. The highest BCUT2D eigenvalue weighted by Gasteiger charge is 2.51. The molecule has 0 aromatic carbocycles. The molecular formula is C9H22N2O2Si. The smallest absolute Gasteiger partial charge is 0.374 e. The van der Waals surface area contributed by atoms with Crippen LogP contribution >= 0.6 is 0 Å². The van der Waals surface area contributed by atoms with Gasteiger partial charge in [0, 0.05) is 14.2 Å². The van der Waals surface area contributed by atoms with Crippen LogP contribution in [0.25, 0.3) is 0 Å². The predicted molar refractivity (Wildman–Crippen MR) is 58.9 cm³/mol. The zero-order valence-corrected chi connectivity index (χ0v) is 10.7. The van der Waals surface area contributed by atoms with Crippen LogP contribution in [0.15, 0.2) is 0 Å². The van der Waals surface area contributed by atoms with Crippen molar-refractivity contribution in [3.8, 4) is 0 Å². The average molecular weight is 218 g/mol.